The molecular weight excluding hydrogens is 541 g/mol. The van der Waals surface area contributed by atoms with Crippen LogP contribution in [0.15, 0.2) is 52.7 Å². The van der Waals surface area contributed by atoms with E-state index >= 15 is 0 Å². The van der Waals surface area contributed by atoms with E-state index in [1.807, 2.05) is 13.8 Å². The molecule has 0 bridgehead atoms. The quantitative estimate of drug-likeness (QED) is 0.336. The van der Waals surface area contributed by atoms with Crippen LogP contribution in [0.3, 0.4) is 0 Å². The van der Waals surface area contributed by atoms with Gasteiger partial charge in [-0.3, -0.25) is 9.59 Å². The van der Waals surface area contributed by atoms with Gasteiger partial charge in [-0.1, -0.05) is 29.3 Å². The SMILES string of the molecule is C=CCn1c(=O)c2cnc(Nc3cc(Cl)c(N4CCN(C)CC4)c(Cl)c3)nc2n1-c1ccc(=O)n(C(C)C)n1. The van der Waals surface area contributed by atoms with Gasteiger partial charge in [-0.15, -0.1) is 11.7 Å². The number of anilines is 3. The number of benzene rings is 1. The maximum atomic E-state index is 13.2. The van der Waals surface area contributed by atoms with Crippen LogP contribution in [-0.4, -0.2) is 67.2 Å². The summed E-state index contributed by atoms with van der Waals surface area (Å²) in [7, 11) is 2.09. The zero-order chi connectivity index (χ0) is 27.8. The highest BCUT2D eigenvalue weighted by molar-refractivity contribution is 6.39. The number of hydrogen-bond donors (Lipinski definition) is 1. The second kappa shape index (κ2) is 10.8. The van der Waals surface area contributed by atoms with Gasteiger partial charge in [0.1, 0.15) is 5.39 Å². The van der Waals surface area contributed by atoms with Crippen molar-refractivity contribution in [2.75, 3.05) is 43.4 Å². The Morgan fingerprint density at radius 3 is 2.44 bits per heavy atom. The number of hydrogen-bond acceptors (Lipinski definition) is 8. The minimum absolute atomic E-state index is 0.172. The fourth-order valence-electron chi connectivity index (χ4n) is 4.61. The van der Waals surface area contributed by atoms with Gasteiger partial charge in [-0.05, 0) is 39.1 Å². The lowest BCUT2D eigenvalue weighted by atomic mass is 10.2. The Balaban J connectivity index is 1.56. The molecule has 1 fully saturated rings. The van der Waals surface area contributed by atoms with Crippen LogP contribution in [-0.2, 0) is 6.54 Å². The van der Waals surface area contributed by atoms with E-state index in [4.69, 9.17) is 23.2 Å². The average molecular weight is 570 g/mol. The first-order valence-corrected chi connectivity index (χ1v) is 13.3. The molecule has 204 valence electrons. The smallest absolute Gasteiger partial charge is 0.278 e. The van der Waals surface area contributed by atoms with Gasteiger partial charge in [0.15, 0.2) is 11.5 Å². The summed E-state index contributed by atoms with van der Waals surface area (Å²) in [5, 5.41) is 8.98. The van der Waals surface area contributed by atoms with Crippen molar-refractivity contribution in [1.29, 1.82) is 0 Å². The summed E-state index contributed by atoms with van der Waals surface area (Å²) < 4.78 is 4.38. The van der Waals surface area contributed by atoms with Crippen molar-refractivity contribution in [2.45, 2.75) is 26.4 Å². The first-order valence-electron chi connectivity index (χ1n) is 12.6. The summed E-state index contributed by atoms with van der Waals surface area (Å²) in [6.07, 6.45) is 3.07. The normalized spacial score (nSPS) is 14.4. The van der Waals surface area contributed by atoms with E-state index in [0.717, 1.165) is 31.9 Å². The third-order valence-electron chi connectivity index (χ3n) is 6.59. The van der Waals surface area contributed by atoms with Crippen molar-refractivity contribution in [3.05, 3.63) is 73.9 Å². The molecule has 1 saturated heterocycles. The van der Waals surface area contributed by atoms with E-state index in [1.165, 1.54) is 21.6 Å². The third-order valence-corrected chi connectivity index (χ3v) is 7.16. The molecule has 1 aliphatic heterocycles. The van der Waals surface area contributed by atoms with Gasteiger partial charge in [0.25, 0.3) is 11.1 Å². The van der Waals surface area contributed by atoms with Crippen molar-refractivity contribution in [3.8, 4) is 5.82 Å². The van der Waals surface area contributed by atoms with Gasteiger partial charge in [0, 0.05) is 44.1 Å². The lowest BCUT2D eigenvalue weighted by Crippen LogP contribution is -2.44. The molecule has 5 rings (SSSR count). The topological polar surface area (TPSA) is 106 Å². The van der Waals surface area contributed by atoms with Crippen molar-refractivity contribution >= 4 is 51.6 Å². The fourth-order valence-corrected chi connectivity index (χ4v) is 5.33. The van der Waals surface area contributed by atoms with Crippen LogP contribution < -0.4 is 21.3 Å². The molecule has 3 aromatic heterocycles. The van der Waals surface area contributed by atoms with E-state index in [9.17, 15) is 9.59 Å². The number of likely N-dealkylation sites (N-methyl/N-ethyl adjacent to an activating group) is 1. The van der Waals surface area contributed by atoms with E-state index in [1.54, 1.807) is 29.0 Å². The Bertz CT molecular complexity index is 1640. The molecule has 1 aliphatic rings. The second-order valence-corrected chi connectivity index (χ2v) is 10.5. The number of rotatable bonds is 7. The van der Waals surface area contributed by atoms with E-state index in [-0.39, 0.29) is 29.7 Å². The van der Waals surface area contributed by atoms with Crippen LogP contribution in [0, 0.1) is 0 Å². The third kappa shape index (κ3) is 5.17. The first kappa shape index (κ1) is 26.9. The monoisotopic (exact) mass is 569 g/mol. The van der Waals surface area contributed by atoms with Gasteiger partial charge in [0.05, 0.1) is 28.3 Å². The molecule has 0 aliphatic carbocycles. The van der Waals surface area contributed by atoms with E-state index in [0.29, 0.717) is 32.6 Å². The van der Waals surface area contributed by atoms with Gasteiger partial charge in [0.2, 0.25) is 5.95 Å². The minimum Gasteiger partial charge on any atom is -0.367 e. The number of aromatic nitrogens is 6. The summed E-state index contributed by atoms with van der Waals surface area (Å²) in [5.41, 5.74) is 1.19. The highest BCUT2D eigenvalue weighted by Gasteiger charge is 2.22. The Labute approximate surface area is 234 Å². The molecule has 11 nitrogen and oxygen atoms in total. The van der Waals surface area contributed by atoms with Crippen LogP contribution >= 0.6 is 23.2 Å². The molecule has 4 heterocycles. The molecule has 39 heavy (non-hydrogen) atoms. The van der Waals surface area contributed by atoms with Crippen LogP contribution in [0.4, 0.5) is 17.3 Å². The van der Waals surface area contributed by atoms with Gasteiger partial charge in [-0.25, -0.2) is 19.0 Å². The van der Waals surface area contributed by atoms with Gasteiger partial charge >= 0.3 is 0 Å². The number of nitrogens with one attached hydrogen (secondary N) is 1. The lowest BCUT2D eigenvalue weighted by Gasteiger charge is -2.35. The summed E-state index contributed by atoms with van der Waals surface area (Å²) in [5.74, 6) is 0.605. The molecule has 4 aromatic rings. The molecule has 1 aromatic carbocycles. The predicted octanol–water partition coefficient (Wildman–Crippen LogP) is 3.71. The fraction of sp³-hybridized carbons (Fsp3) is 0.346. The number of fused-ring (bicyclic) bond motifs is 1. The Morgan fingerprint density at radius 1 is 1.10 bits per heavy atom. The largest absolute Gasteiger partial charge is 0.367 e. The highest BCUT2D eigenvalue weighted by atomic mass is 35.5. The zero-order valence-corrected chi connectivity index (χ0v) is 23.4. The van der Waals surface area contributed by atoms with Crippen LogP contribution in [0.1, 0.15) is 19.9 Å². The van der Waals surface area contributed by atoms with Crippen molar-refractivity contribution in [3.63, 3.8) is 0 Å². The minimum atomic E-state index is -0.303. The Hall–Kier alpha value is -3.67. The second-order valence-electron chi connectivity index (χ2n) is 9.69. The summed E-state index contributed by atoms with van der Waals surface area (Å²) >= 11 is 13.3. The van der Waals surface area contributed by atoms with E-state index in [2.05, 4.69) is 43.8 Å². The maximum absolute atomic E-state index is 13.2. The van der Waals surface area contributed by atoms with Crippen molar-refractivity contribution in [2.24, 2.45) is 0 Å². The Kier molecular flexibility index (Phi) is 7.48. The standard InChI is InChI=1S/C26H29Cl2N9O2/c1-5-8-35-25(39)18-15-29-26(31-24(18)37(35)21-6-7-22(38)36(32-21)16(2)3)30-17-13-19(27)23(20(28)14-17)34-11-9-33(4)10-12-34/h5-7,13-16H,1,8-12H2,2-4H3,(H,29,30,31). The lowest BCUT2D eigenvalue weighted by molar-refractivity contribution is 0.313. The van der Waals surface area contributed by atoms with Crippen molar-refractivity contribution in [1.82, 2.24) is 34.0 Å². The molecule has 0 spiro atoms. The maximum Gasteiger partial charge on any atom is 0.278 e. The van der Waals surface area contributed by atoms with Crippen molar-refractivity contribution < 1.29 is 0 Å². The molecule has 0 atom stereocenters. The summed E-state index contributed by atoms with van der Waals surface area (Å²) in [4.78, 5) is 39.0. The van der Waals surface area contributed by atoms with E-state index < -0.39 is 0 Å². The summed E-state index contributed by atoms with van der Waals surface area (Å²) in [6, 6.07) is 6.37. The average Bonchev–Trinajstić information content (AvgIpc) is 3.16. The van der Waals surface area contributed by atoms with Gasteiger partial charge < -0.3 is 15.1 Å². The highest BCUT2D eigenvalue weighted by Crippen LogP contribution is 2.37. The molecule has 0 unspecified atom stereocenters. The molecule has 1 N–H and O–H groups in total. The Morgan fingerprint density at radius 2 is 1.79 bits per heavy atom. The van der Waals surface area contributed by atoms with Crippen LogP contribution in [0.25, 0.3) is 16.9 Å². The molecule has 0 saturated carbocycles. The number of piperazine rings is 1. The van der Waals surface area contributed by atoms with Crippen LogP contribution in [0.5, 0.6) is 0 Å². The summed E-state index contributed by atoms with van der Waals surface area (Å²) in [6.45, 7) is 11.2. The molecule has 13 heteroatoms. The van der Waals surface area contributed by atoms with Gasteiger partial charge in [-0.2, -0.15) is 4.98 Å². The van der Waals surface area contributed by atoms with Crippen LogP contribution in [0.2, 0.25) is 10.0 Å². The number of halogens is 2. The molecular formula is C26H29Cl2N9O2. The number of allylic oxidation sites excluding steroid dienone is 1. The molecule has 0 radical (unpaired) electrons. The number of nitrogens with zero attached hydrogens (tertiary/aromatic N) is 8. The predicted molar refractivity (Wildman–Crippen MR) is 155 cm³/mol. The zero-order valence-electron chi connectivity index (χ0n) is 21.9. The molecule has 0 amide bonds. The first-order chi connectivity index (χ1) is 18.7.